The molecule has 0 radical (unpaired) electrons. The van der Waals surface area contributed by atoms with Crippen molar-refractivity contribution < 1.29 is 15.0 Å². The molecule has 0 amide bonds. The van der Waals surface area contributed by atoms with E-state index in [0.29, 0.717) is 6.42 Å². The molecule has 19 heavy (non-hydrogen) atoms. The Morgan fingerprint density at radius 2 is 1.95 bits per heavy atom. The summed E-state index contributed by atoms with van der Waals surface area (Å²) in [5.41, 5.74) is 0.187. The second-order valence-electron chi connectivity index (χ2n) is 5.30. The number of rotatable bonds is 7. The van der Waals surface area contributed by atoms with Crippen molar-refractivity contribution in [2.24, 2.45) is 0 Å². The summed E-state index contributed by atoms with van der Waals surface area (Å²) in [6.07, 6.45) is 2.15. The lowest BCUT2D eigenvalue weighted by atomic mass is 9.94. The Labute approximate surface area is 114 Å². The van der Waals surface area contributed by atoms with Crippen LogP contribution in [0.25, 0.3) is 0 Å². The Bertz CT molecular complexity index is 416. The summed E-state index contributed by atoms with van der Waals surface area (Å²) in [5, 5.41) is 21.7. The summed E-state index contributed by atoms with van der Waals surface area (Å²) in [6, 6.07) is 7.04. The van der Waals surface area contributed by atoms with Gasteiger partial charge in [0.2, 0.25) is 0 Å². The van der Waals surface area contributed by atoms with Gasteiger partial charge in [0.25, 0.3) is 0 Å². The zero-order valence-corrected chi connectivity index (χ0v) is 11.8. The van der Waals surface area contributed by atoms with E-state index in [4.69, 9.17) is 0 Å². The minimum atomic E-state index is -0.884. The van der Waals surface area contributed by atoms with Gasteiger partial charge in [-0.1, -0.05) is 25.5 Å². The minimum Gasteiger partial charge on any atom is -0.508 e. The Hall–Kier alpha value is -1.55. The normalized spacial score (nSPS) is 15.7. The van der Waals surface area contributed by atoms with Crippen LogP contribution >= 0.6 is 0 Å². The number of phenolic OH excluding ortho intramolecular Hbond substituents is 1. The number of hydrogen-bond acceptors (Lipinski definition) is 3. The molecule has 0 saturated carbocycles. The van der Waals surface area contributed by atoms with E-state index in [1.54, 1.807) is 19.1 Å². The third kappa shape index (κ3) is 4.56. The molecule has 0 heterocycles. The van der Waals surface area contributed by atoms with Crippen LogP contribution in [0.1, 0.15) is 39.2 Å². The molecule has 0 aliphatic carbocycles. The number of benzene rings is 1. The van der Waals surface area contributed by atoms with Crippen LogP contribution in [-0.2, 0) is 11.2 Å². The molecule has 4 nitrogen and oxygen atoms in total. The molecule has 0 aromatic heterocycles. The predicted molar refractivity (Wildman–Crippen MR) is 75.4 cm³/mol. The van der Waals surface area contributed by atoms with E-state index in [1.807, 2.05) is 26.0 Å². The van der Waals surface area contributed by atoms with Crippen molar-refractivity contribution in [2.75, 3.05) is 0 Å². The molecule has 0 bridgehead atoms. The van der Waals surface area contributed by atoms with E-state index < -0.39 is 11.5 Å². The molecule has 1 rings (SSSR count). The molecule has 0 spiro atoms. The topological polar surface area (TPSA) is 69.6 Å². The van der Waals surface area contributed by atoms with E-state index >= 15 is 0 Å². The highest BCUT2D eigenvalue weighted by atomic mass is 16.4. The molecule has 0 aliphatic rings. The highest BCUT2D eigenvalue weighted by Crippen LogP contribution is 2.16. The largest absolute Gasteiger partial charge is 0.508 e. The third-order valence-corrected chi connectivity index (χ3v) is 3.27. The predicted octanol–water partition coefficient (Wildman–Crippen LogP) is 2.56. The van der Waals surface area contributed by atoms with Gasteiger partial charge in [-0.2, -0.15) is 0 Å². The number of nitrogens with one attached hydrogen (secondary N) is 1. The highest BCUT2D eigenvalue weighted by molar-refractivity contribution is 5.78. The molecule has 106 valence electrons. The van der Waals surface area contributed by atoms with E-state index in [2.05, 4.69) is 5.32 Å². The van der Waals surface area contributed by atoms with Gasteiger partial charge in [0.05, 0.1) is 0 Å². The number of aromatic hydroxyl groups is 1. The van der Waals surface area contributed by atoms with Crippen molar-refractivity contribution in [1.29, 1.82) is 0 Å². The van der Waals surface area contributed by atoms with Crippen molar-refractivity contribution in [3.05, 3.63) is 29.8 Å². The third-order valence-electron chi connectivity index (χ3n) is 3.27. The molecule has 4 heteroatoms. The second-order valence-corrected chi connectivity index (χ2v) is 5.30. The van der Waals surface area contributed by atoms with Gasteiger partial charge < -0.3 is 10.2 Å². The first-order valence-corrected chi connectivity index (χ1v) is 6.66. The molecule has 1 aromatic rings. The van der Waals surface area contributed by atoms with Crippen LogP contribution in [0.3, 0.4) is 0 Å². The Morgan fingerprint density at radius 3 is 2.42 bits per heavy atom. The maximum atomic E-state index is 11.3. The van der Waals surface area contributed by atoms with Gasteiger partial charge in [-0.25, -0.2) is 0 Å². The molecular weight excluding hydrogens is 242 g/mol. The van der Waals surface area contributed by atoms with Crippen LogP contribution in [0, 0.1) is 0 Å². The summed E-state index contributed by atoms with van der Waals surface area (Å²) in [7, 11) is 0. The lowest BCUT2D eigenvalue weighted by Crippen LogP contribution is -2.53. The molecule has 3 N–H and O–H groups in total. The molecule has 0 aliphatic heterocycles. The SMILES string of the molecule is CCCC(C)(NC(C)Cc1ccc(O)cc1)C(=O)O. The van der Waals surface area contributed by atoms with Crippen LogP contribution in [-0.4, -0.2) is 27.8 Å². The number of hydrogen-bond donors (Lipinski definition) is 3. The van der Waals surface area contributed by atoms with Gasteiger partial charge in [-0.3, -0.25) is 10.1 Å². The maximum absolute atomic E-state index is 11.3. The van der Waals surface area contributed by atoms with Gasteiger partial charge in [0.1, 0.15) is 11.3 Å². The number of carboxylic acid groups (broad SMARTS) is 1. The van der Waals surface area contributed by atoms with Crippen LogP contribution in [0.5, 0.6) is 5.75 Å². The summed E-state index contributed by atoms with van der Waals surface area (Å²) >= 11 is 0. The minimum absolute atomic E-state index is 0.0530. The summed E-state index contributed by atoms with van der Waals surface area (Å²) in [5.74, 6) is -0.572. The van der Waals surface area contributed by atoms with E-state index in [-0.39, 0.29) is 11.8 Å². The number of phenols is 1. The fourth-order valence-electron chi connectivity index (χ4n) is 2.32. The Balaban J connectivity index is 2.65. The average Bonchev–Trinajstić information content (AvgIpc) is 2.32. The number of aliphatic carboxylic acids is 1. The number of carbonyl (C=O) groups is 1. The zero-order valence-electron chi connectivity index (χ0n) is 11.8. The summed E-state index contributed by atoms with van der Waals surface area (Å²) < 4.78 is 0. The van der Waals surface area contributed by atoms with E-state index in [0.717, 1.165) is 18.4 Å². The standard InChI is InChI=1S/C15H23NO3/c1-4-9-15(3,14(18)19)16-11(2)10-12-5-7-13(17)8-6-12/h5-8,11,16-17H,4,9-10H2,1-3H3,(H,18,19). The van der Waals surface area contributed by atoms with Gasteiger partial charge >= 0.3 is 5.97 Å². The Morgan fingerprint density at radius 1 is 1.37 bits per heavy atom. The Kier molecular flexibility index (Phi) is 5.36. The van der Waals surface area contributed by atoms with Crippen molar-refractivity contribution in [3.8, 4) is 5.75 Å². The molecule has 1 aromatic carbocycles. The molecule has 2 atom stereocenters. The van der Waals surface area contributed by atoms with E-state index in [1.165, 1.54) is 0 Å². The van der Waals surface area contributed by atoms with Crippen molar-refractivity contribution in [1.82, 2.24) is 5.32 Å². The highest BCUT2D eigenvalue weighted by Gasteiger charge is 2.32. The maximum Gasteiger partial charge on any atom is 0.323 e. The smallest absolute Gasteiger partial charge is 0.323 e. The van der Waals surface area contributed by atoms with Crippen LogP contribution in [0.4, 0.5) is 0 Å². The van der Waals surface area contributed by atoms with Crippen LogP contribution in [0.15, 0.2) is 24.3 Å². The quantitative estimate of drug-likeness (QED) is 0.708. The van der Waals surface area contributed by atoms with Gasteiger partial charge in [-0.15, -0.1) is 0 Å². The first kappa shape index (κ1) is 15.5. The van der Waals surface area contributed by atoms with Crippen molar-refractivity contribution in [2.45, 2.75) is 51.6 Å². The van der Waals surface area contributed by atoms with Gasteiger partial charge in [-0.05, 0) is 44.4 Å². The fourth-order valence-corrected chi connectivity index (χ4v) is 2.32. The van der Waals surface area contributed by atoms with Crippen molar-refractivity contribution in [3.63, 3.8) is 0 Å². The van der Waals surface area contributed by atoms with Gasteiger partial charge in [0, 0.05) is 6.04 Å². The zero-order chi connectivity index (χ0) is 14.5. The summed E-state index contributed by atoms with van der Waals surface area (Å²) in [6.45, 7) is 5.68. The van der Waals surface area contributed by atoms with Crippen molar-refractivity contribution >= 4 is 5.97 Å². The molecular formula is C15H23NO3. The van der Waals surface area contributed by atoms with E-state index in [9.17, 15) is 15.0 Å². The molecule has 0 fully saturated rings. The lowest BCUT2D eigenvalue weighted by Gasteiger charge is -2.30. The molecule has 2 unspecified atom stereocenters. The van der Waals surface area contributed by atoms with Gasteiger partial charge in [0.15, 0.2) is 0 Å². The van der Waals surface area contributed by atoms with Crippen LogP contribution in [0.2, 0.25) is 0 Å². The second kappa shape index (κ2) is 6.57. The van der Waals surface area contributed by atoms with Crippen LogP contribution < -0.4 is 5.32 Å². The first-order chi connectivity index (χ1) is 8.87. The monoisotopic (exact) mass is 265 g/mol. The molecule has 0 saturated heterocycles. The summed E-state index contributed by atoms with van der Waals surface area (Å²) in [4.78, 5) is 11.3. The average molecular weight is 265 g/mol. The number of carboxylic acids is 1. The fraction of sp³-hybridized carbons (Fsp3) is 0.533. The first-order valence-electron chi connectivity index (χ1n) is 6.66. The lowest BCUT2D eigenvalue weighted by molar-refractivity contribution is -0.144.